The number of hydrogen-bond donors (Lipinski definition) is 2. The van der Waals surface area contributed by atoms with Crippen LogP contribution < -0.4 is 9.47 Å². The minimum atomic E-state index is -0.794. The van der Waals surface area contributed by atoms with Crippen LogP contribution in [0.3, 0.4) is 0 Å². The van der Waals surface area contributed by atoms with E-state index in [2.05, 4.69) is 0 Å². The summed E-state index contributed by atoms with van der Waals surface area (Å²) >= 11 is 0. The van der Waals surface area contributed by atoms with Crippen molar-refractivity contribution >= 4 is 0 Å². The van der Waals surface area contributed by atoms with Gasteiger partial charge in [0.05, 0.1) is 25.9 Å². The summed E-state index contributed by atoms with van der Waals surface area (Å²) in [5.41, 5.74) is 1.10. The lowest BCUT2D eigenvalue weighted by Gasteiger charge is -2.08. The van der Waals surface area contributed by atoms with Gasteiger partial charge in [-0.15, -0.1) is 0 Å². The van der Waals surface area contributed by atoms with Crippen molar-refractivity contribution in [2.24, 2.45) is 0 Å². The van der Waals surface area contributed by atoms with Crippen molar-refractivity contribution in [3.8, 4) is 11.5 Å². The first kappa shape index (κ1) is 19.0. The number of ether oxygens (including phenoxy) is 2. The fraction of sp³-hybridized carbons (Fsp3) is 0.333. The van der Waals surface area contributed by atoms with Crippen molar-refractivity contribution < 1.29 is 19.7 Å². The molecule has 0 aromatic heterocycles. The van der Waals surface area contributed by atoms with Crippen molar-refractivity contribution in [1.29, 1.82) is 0 Å². The van der Waals surface area contributed by atoms with Crippen LogP contribution in [0.15, 0.2) is 66.7 Å². The van der Waals surface area contributed by atoms with E-state index < -0.39 is 6.10 Å². The molecule has 1 unspecified atom stereocenters. The molecule has 0 aliphatic carbocycles. The molecule has 0 radical (unpaired) electrons. The Labute approximate surface area is 149 Å². The standard InChI is InChI=1S/C21H26O4/c22-17-19(23)10-6-8-18-9-7-13-21(16-18)25-15-5-4-14-24-20-11-2-1-3-12-20/h1-3,6-7,9-13,16,19,22-23H,4-5,8,14-15,17H2/b10-6-. The van der Waals surface area contributed by atoms with E-state index in [4.69, 9.17) is 14.6 Å². The first-order valence-electron chi connectivity index (χ1n) is 8.63. The molecule has 2 aromatic carbocycles. The summed E-state index contributed by atoms with van der Waals surface area (Å²) in [7, 11) is 0. The molecule has 2 N–H and O–H groups in total. The van der Waals surface area contributed by atoms with Gasteiger partial charge in [-0.05, 0) is 49.1 Å². The van der Waals surface area contributed by atoms with Gasteiger partial charge in [0.25, 0.3) is 0 Å². The second-order valence-corrected chi connectivity index (χ2v) is 5.75. The molecule has 4 heteroatoms. The maximum absolute atomic E-state index is 9.28. The van der Waals surface area contributed by atoms with Gasteiger partial charge in [-0.1, -0.05) is 42.5 Å². The molecule has 0 heterocycles. The zero-order valence-corrected chi connectivity index (χ0v) is 14.4. The van der Waals surface area contributed by atoms with Gasteiger partial charge in [0.2, 0.25) is 0 Å². The number of benzene rings is 2. The number of unbranched alkanes of at least 4 members (excludes halogenated alkanes) is 1. The van der Waals surface area contributed by atoms with E-state index in [1.807, 2.05) is 60.7 Å². The minimum absolute atomic E-state index is 0.256. The molecular formula is C21H26O4. The van der Waals surface area contributed by atoms with E-state index in [9.17, 15) is 5.11 Å². The molecule has 0 saturated heterocycles. The summed E-state index contributed by atoms with van der Waals surface area (Å²) in [6, 6.07) is 17.7. The van der Waals surface area contributed by atoms with Gasteiger partial charge in [0, 0.05) is 0 Å². The first-order valence-corrected chi connectivity index (χ1v) is 8.63. The second kappa shape index (κ2) is 11.3. The molecule has 25 heavy (non-hydrogen) atoms. The summed E-state index contributed by atoms with van der Waals surface area (Å²) in [6.07, 6.45) is 5.22. The predicted molar refractivity (Wildman–Crippen MR) is 99.0 cm³/mol. The van der Waals surface area contributed by atoms with E-state index in [-0.39, 0.29) is 6.61 Å². The molecule has 0 bridgehead atoms. The van der Waals surface area contributed by atoms with Crippen LogP contribution in [-0.4, -0.2) is 36.1 Å². The van der Waals surface area contributed by atoms with Gasteiger partial charge in [-0.3, -0.25) is 0 Å². The number of para-hydroxylation sites is 1. The summed E-state index contributed by atoms with van der Waals surface area (Å²) in [4.78, 5) is 0. The van der Waals surface area contributed by atoms with Crippen LogP contribution in [-0.2, 0) is 6.42 Å². The average molecular weight is 342 g/mol. The van der Waals surface area contributed by atoms with Gasteiger partial charge in [-0.25, -0.2) is 0 Å². The molecular weight excluding hydrogens is 316 g/mol. The minimum Gasteiger partial charge on any atom is -0.494 e. The van der Waals surface area contributed by atoms with Crippen LogP contribution >= 0.6 is 0 Å². The van der Waals surface area contributed by atoms with E-state index in [0.29, 0.717) is 19.6 Å². The average Bonchev–Trinajstić information content (AvgIpc) is 2.65. The van der Waals surface area contributed by atoms with Crippen molar-refractivity contribution in [2.45, 2.75) is 25.4 Å². The van der Waals surface area contributed by atoms with Gasteiger partial charge >= 0.3 is 0 Å². The number of aliphatic hydroxyl groups is 2. The molecule has 134 valence electrons. The van der Waals surface area contributed by atoms with Gasteiger partial charge in [-0.2, -0.15) is 0 Å². The Bertz CT molecular complexity index is 625. The smallest absolute Gasteiger partial charge is 0.119 e. The number of allylic oxidation sites excluding steroid dienone is 1. The van der Waals surface area contributed by atoms with Gasteiger partial charge in [0.15, 0.2) is 0 Å². The Balaban J connectivity index is 1.63. The lowest BCUT2D eigenvalue weighted by molar-refractivity contribution is 0.131. The van der Waals surface area contributed by atoms with Crippen molar-refractivity contribution in [1.82, 2.24) is 0 Å². The Morgan fingerprint density at radius 3 is 2.28 bits per heavy atom. The molecule has 1 atom stereocenters. The maximum Gasteiger partial charge on any atom is 0.119 e. The zero-order valence-electron chi connectivity index (χ0n) is 14.4. The maximum atomic E-state index is 9.28. The Kier molecular flexibility index (Phi) is 8.59. The third kappa shape index (κ3) is 7.88. The summed E-state index contributed by atoms with van der Waals surface area (Å²) in [5.74, 6) is 1.74. The topological polar surface area (TPSA) is 58.9 Å². The highest BCUT2D eigenvalue weighted by molar-refractivity contribution is 5.29. The molecule has 0 saturated carbocycles. The van der Waals surface area contributed by atoms with Crippen LogP contribution in [0.1, 0.15) is 18.4 Å². The molecule has 0 amide bonds. The molecule has 2 rings (SSSR count). The van der Waals surface area contributed by atoms with Gasteiger partial charge in [0.1, 0.15) is 11.5 Å². The largest absolute Gasteiger partial charge is 0.494 e. The van der Waals surface area contributed by atoms with E-state index in [0.717, 1.165) is 29.9 Å². The fourth-order valence-corrected chi connectivity index (χ4v) is 2.29. The van der Waals surface area contributed by atoms with E-state index in [1.165, 1.54) is 0 Å². The number of hydrogen-bond acceptors (Lipinski definition) is 4. The summed E-state index contributed by atoms with van der Waals surface area (Å²) in [6.45, 7) is 1.08. The Morgan fingerprint density at radius 1 is 0.880 bits per heavy atom. The van der Waals surface area contributed by atoms with Crippen molar-refractivity contribution in [2.75, 3.05) is 19.8 Å². The monoisotopic (exact) mass is 342 g/mol. The number of rotatable bonds is 11. The third-order valence-electron chi connectivity index (χ3n) is 3.62. The van der Waals surface area contributed by atoms with Crippen LogP contribution in [0.25, 0.3) is 0 Å². The molecule has 0 fully saturated rings. The van der Waals surface area contributed by atoms with Crippen molar-refractivity contribution in [3.63, 3.8) is 0 Å². The molecule has 0 spiro atoms. The lowest BCUT2D eigenvalue weighted by atomic mass is 10.1. The third-order valence-corrected chi connectivity index (χ3v) is 3.62. The summed E-state index contributed by atoms with van der Waals surface area (Å²) < 4.78 is 11.4. The normalized spacial score (nSPS) is 12.2. The van der Waals surface area contributed by atoms with Crippen LogP contribution in [0.4, 0.5) is 0 Å². The highest BCUT2D eigenvalue weighted by atomic mass is 16.5. The lowest BCUT2D eigenvalue weighted by Crippen LogP contribution is -2.07. The van der Waals surface area contributed by atoms with E-state index >= 15 is 0 Å². The number of aliphatic hydroxyl groups excluding tert-OH is 2. The first-order chi connectivity index (χ1) is 12.3. The predicted octanol–water partition coefficient (Wildman–Crippen LogP) is 3.38. The van der Waals surface area contributed by atoms with Crippen LogP contribution in [0, 0.1) is 0 Å². The highest BCUT2D eigenvalue weighted by Crippen LogP contribution is 2.15. The fourth-order valence-electron chi connectivity index (χ4n) is 2.29. The zero-order chi connectivity index (χ0) is 17.7. The quantitative estimate of drug-likeness (QED) is 0.485. The summed E-state index contributed by atoms with van der Waals surface area (Å²) in [5, 5.41) is 18.0. The molecule has 4 nitrogen and oxygen atoms in total. The molecule has 0 aliphatic heterocycles. The van der Waals surface area contributed by atoms with E-state index in [1.54, 1.807) is 6.08 Å². The Morgan fingerprint density at radius 2 is 1.56 bits per heavy atom. The molecule has 2 aromatic rings. The Hall–Kier alpha value is -2.30. The van der Waals surface area contributed by atoms with Gasteiger partial charge < -0.3 is 19.7 Å². The highest BCUT2D eigenvalue weighted by Gasteiger charge is 1.98. The second-order valence-electron chi connectivity index (χ2n) is 5.75. The van der Waals surface area contributed by atoms with Crippen LogP contribution in [0.2, 0.25) is 0 Å². The SMILES string of the molecule is OCC(O)/C=C\Cc1cccc(OCCCCOc2ccccc2)c1. The van der Waals surface area contributed by atoms with Crippen LogP contribution in [0.5, 0.6) is 11.5 Å². The molecule has 0 aliphatic rings. The van der Waals surface area contributed by atoms with Crippen molar-refractivity contribution in [3.05, 3.63) is 72.3 Å².